The maximum absolute atomic E-state index is 12.6. The second-order valence-electron chi connectivity index (χ2n) is 7.79. The molecule has 0 radical (unpaired) electrons. The number of fused-ring (bicyclic) bond motifs is 1. The number of nitrogens with zero attached hydrogens (tertiary/aromatic N) is 2. The summed E-state index contributed by atoms with van der Waals surface area (Å²) in [6.45, 7) is 11.5. The molecule has 0 saturated carbocycles. The van der Waals surface area contributed by atoms with Gasteiger partial charge in [0.2, 0.25) is 0 Å². The van der Waals surface area contributed by atoms with Crippen LogP contribution in [0.25, 0.3) is 0 Å². The number of carbonyl (C=O) groups is 1. The lowest BCUT2D eigenvalue weighted by Crippen LogP contribution is -2.23. The Morgan fingerprint density at radius 1 is 1.33 bits per heavy atom. The van der Waals surface area contributed by atoms with Gasteiger partial charge in [0.1, 0.15) is 15.8 Å². The highest BCUT2D eigenvalue weighted by molar-refractivity contribution is 7.11. The van der Waals surface area contributed by atoms with Gasteiger partial charge in [-0.25, -0.2) is 0 Å². The highest BCUT2D eigenvalue weighted by Gasteiger charge is 2.34. The Labute approximate surface area is 146 Å². The molecule has 0 bridgehead atoms. The van der Waals surface area contributed by atoms with Gasteiger partial charge in [-0.1, -0.05) is 58.1 Å². The first-order valence-corrected chi connectivity index (χ1v) is 8.87. The molecule has 1 aromatic carbocycles. The number of ether oxygens (including phenoxy) is 1. The lowest BCUT2D eigenvalue weighted by atomic mass is 9.86. The van der Waals surface area contributed by atoms with Crippen LogP contribution in [-0.2, 0) is 17.4 Å². The van der Waals surface area contributed by atoms with E-state index in [2.05, 4.69) is 50.1 Å². The van der Waals surface area contributed by atoms with E-state index >= 15 is 0 Å². The highest BCUT2D eigenvalue weighted by Crippen LogP contribution is 2.40. The normalized spacial score (nSPS) is 15.7. The predicted molar refractivity (Wildman–Crippen MR) is 94.7 cm³/mol. The average Bonchev–Trinajstić information content (AvgIpc) is 3.10. The number of nitrogens with one attached hydrogen (secondary N) is 1. The van der Waals surface area contributed by atoms with Gasteiger partial charge in [-0.2, -0.15) is 0 Å². The van der Waals surface area contributed by atoms with E-state index in [9.17, 15) is 4.79 Å². The quantitative estimate of drug-likeness (QED) is 0.925. The minimum atomic E-state index is -0.142. The lowest BCUT2D eigenvalue weighted by molar-refractivity contribution is 0.0947. The molecule has 0 saturated heterocycles. The van der Waals surface area contributed by atoms with Crippen LogP contribution in [0.4, 0.5) is 0 Å². The van der Waals surface area contributed by atoms with Crippen LogP contribution in [0.1, 0.15) is 60.6 Å². The first-order chi connectivity index (χ1) is 11.2. The van der Waals surface area contributed by atoms with Gasteiger partial charge in [-0.15, -0.1) is 10.2 Å². The van der Waals surface area contributed by atoms with Crippen LogP contribution in [0.15, 0.2) is 18.2 Å². The number of hydrogen-bond acceptors (Lipinski definition) is 5. The molecule has 5 nitrogen and oxygen atoms in total. The fraction of sp³-hybridized carbons (Fsp3) is 0.500. The van der Waals surface area contributed by atoms with Crippen LogP contribution in [-0.4, -0.2) is 22.7 Å². The van der Waals surface area contributed by atoms with E-state index < -0.39 is 0 Å². The zero-order chi connectivity index (χ0) is 17.5. The summed E-state index contributed by atoms with van der Waals surface area (Å²) in [4.78, 5) is 12.6. The van der Waals surface area contributed by atoms with Crippen molar-refractivity contribution in [3.8, 4) is 5.75 Å². The van der Waals surface area contributed by atoms with Crippen LogP contribution >= 0.6 is 11.3 Å². The molecule has 1 N–H and O–H groups in total. The van der Waals surface area contributed by atoms with Gasteiger partial charge in [0.15, 0.2) is 0 Å². The molecule has 6 heteroatoms. The molecule has 2 heterocycles. The summed E-state index contributed by atoms with van der Waals surface area (Å²) in [6, 6.07) is 5.74. The SMILES string of the molecule is CC(C)(C)c1nnc(CNC(=O)c2cccc3c2OCC3(C)C)s1. The van der Waals surface area contributed by atoms with E-state index in [0.29, 0.717) is 24.5 Å². The summed E-state index contributed by atoms with van der Waals surface area (Å²) in [5, 5.41) is 13.1. The Bertz CT molecular complexity index is 775. The van der Waals surface area contributed by atoms with Crippen molar-refractivity contribution in [1.82, 2.24) is 15.5 Å². The molecule has 1 aromatic heterocycles. The van der Waals surface area contributed by atoms with Crippen LogP contribution in [0.5, 0.6) is 5.75 Å². The largest absolute Gasteiger partial charge is 0.492 e. The van der Waals surface area contributed by atoms with E-state index in [1.807, 2.05) is 12.1 Å². The monoisotopic (exact) mass is 345 g/mol. The molecule has 0 spiro atoms. The van der Waals surface area contributed by atoms with Crippen LogP contribution in [0.3, 0.4) is 0 Å². The molecular weight excluding hydrogens is 322 g/mol. The van der Waals surface area contributed by atoms with Crippen LogP contribution in [0.2, 0.25) is 0 Å². The maximum Gasteiger partial charge on any atom is 0.255 e. The van der Waals surface area contributed by atoms with Gasteiger partial charge < -0.3 is 10.1 Å². The smallest absolute Gasteiger partial charge is 0.255 e. The standard InChI is InChI=1S/C18H23N3O2S/c1-17(2,3)16-21-20-13(24-16)9-19-15(22)11-7-6-8-12-14(11)23-10-18(12,4)5/h6-8H,9-10H2,1-5H3,(H,19,22). The van der Waals surface area contributed by atoms with Crippen molar-refractivity contribution in [3.63, 3.8) is 0 Å². The van der Waals surface area contributed by atoms with E-state index in [0.717, 1.165) is 15.6 Å². The summed E-state index contributed by atoms with van der Waals surface area (Å²) in [6.07, 6.45) is 0. The molecule has 128 valence electrons. The molecule has 1 aliphatic heterocycles. The van der Waals surface area contributed by atoms with Crippen molar-refractivity contribution in [2.75, 3.05) is 6.61 Å². The first kappa shape index (κ1) is 16.9. The fourth-order valence-electron chi connectivity index (χ4n) is 2.61. The van der Waals surface area contributed by atoms with Crippen molar-refractivity contribution < 1.29 is 9.53 Å². The van der Waals surface area contributed by atoms with Crippen molar-refractivity contribution in [2.45, 2.75) is 52.0 Å². The molecule has 0 atom stereocenters. The van der Waals surface area contributed by atoms with Crippen LogP contribution < -0.4 is 10.1 Å². The van der Waals surface area contributed by atoms with Gasteiger partial charge in [-0.05, 0) is 6.07 Å². The molecule has 1 amide bonds. The highest BCUT2D eigenvalue weighted by atomic mass is 32.1. The minimum absolute atomic E-state index is 0.0282. The molecule has 1 aliphatic rings. The van der Waals surface area contributed by atoms with Crippen molar-refractivity contribution in [1.29, 1.82) is 0 Å². The molecule has 0 unspecified atom stereocenters. The summed E-state index contributed by atoms with van der Waals surface area (Å²) < 4.78 is 5.78. The molecule has 3 rings (SSSR count). The molecular formula is C18H23N3O2S. The van der Waals surface area contributed by atoms with Gasteiger partial charge in [0.25, 0.3) is 5.91 Å². The Morgan fingerprint density at radius 3 is 2.75 bits per heavy atom. The van der Waals surface area contributed by atoms with Gasteiger partial charge in [-0.3, -0.25) is 4.79 Å². The predicted octanol–water partition coefficient (Wildman–Crippen LogP) is 3.44. The summed E-state index contributed by atoms with van der Waals surface area (Å²) in [5.74, 6) is 0.560. The molecule has 0 fully saturated rings. The summed E-state index contributed by atoms with van der Waals surface area (Å²) >= 11 is 1.53. The van der Waals surface area contributed by atoms with E-state index in [1.165, 1.54) is 11.3 Å². The number of aromatic nitrogens is 2. The number of benzene rings is 1. The second-order valence-corrected chi connectivity index (χ2v) is 8.85. The van der Waals surface area contributed by atoms with Gasteiger partial charge in [0, 0.05) is 16.4 Å². The zero-order valence-corrected chi connectivity index (χ0v) is 15.6. The second kappa shape index (κ2) is 5.84. The van der Waals surface area contributed by atoms with Crippen LogP contribution in [0, 0.1) is 0 Å². The Morgan fingerprint density at radius 2 is 2.08 bits per heavy atom. The Kier molecular flexibility index (Phi) is 4.11. The minimum Gasteiger partial charge on any atom is -0.492 e. The van der Waals surface area contributed by atoms with Crippen molar-refractivity contribution >= 4 is 17.2 Å². The Hall–Kier alpha value is -1.95. The lowest BCUT2D eigenvalue weighted by Gasteiger charge is -2.15. The van der Waals surface area contributed by atoms with E-state index in [-0.39, 0.29) is 16.7 Å². The number of carbonyl (C=O) groups excluding carboxylic acids is 1. The number of hydrogen-bond donors (Lipinski definition) is 1. The number of amides is 1. The van der Waals surface area contributed by atoms with Gasteiger partial charge in [0.05, 0.1) is 18.7 Å². The number of para-hydroxylation sites is 1. The van der Waals surface area contributed by atoms with E-state index in [4.69, 9.17) is 4.74 Å². The van der Waals surface area contributed by atoms with Crippen molar-refractivity contribution in [2.24, 2.45) is 0 Å². The van der Waals surface area contributed by atoms with Gasteiger partial charge >= 0.3 is 0 Å². The van der Waals surface area contributed by atoms with E-state index in [1.54, 1.807) is 6.07 Å². The third kappa shape index (κ3) is 3.15. The van der Waals surface area contributed by atoms with Crippen molar-refractivity contribution in [3.05, 3.63) is 39.3 Å². The third-order valence-electron chi connectivity index (χ3n) is 4.07. The molecule has 2 aromatic rings. The Balaban J connectivity index is 1.73. The fourth-order valence-corrected chi connectivity index (χ4v) is 3.45. The third-order valence-corrected chi connectivity index (χ3v) is 5.42. The summed E-state index contributed by atoms with van der Waals surface area (Å²) in [7, 11) is 0. The first-order valence-electron chi connectivity index (χ1n) is 8.06. The number of rotatable bonds is 3. The maximum atomic E-state index is 12.6. The summed E-state index contributed by atoms with van der Waals surface area (Å²) in [5.41, 5.74) is 1.58. The molecule has 0 aliphatic carbocycles. The topological polar surface area (TPSA) is 64.1 Å². The zero-order valence-electron chi connectivity index (χ0n) is 14.8. The molecule has 24 heavy (non-hydrogen) atoms. The average molecular weight is 345 g/mol.